The lowest BCUT2D eigenvalue weighted by molar-refractivity contribution is -0.345. The molecule has 1 aromatic carbocycles. The molecular weight excluding hydrogens is 756 g/mol. The van der Waals surface area contributed by atoms with Crippen LogP contribution in [0, 0.1) is 5.92 Å². The summed E-state index contributed by atoms with van der Waals surface area (Å²) in [4.78, 5) is 63.1. The van der Waals surface area contributed by atoms with Gasteiger partial charge in [0, 0.05) is 27.2 Å². The van der Waals surface area contributed by atoms with Gasteiger partial charge in [-0.3, -0.25) is 14.4 Å². The molecule has 5 rings (SSSR count). The smallest absolute Gasteiger partial charge is 0.342 e. The van der Waals surface area contributed by atoms with Crippen molar-refractivity contribution in [2.45, 2.75) is 100 Å². The summed E-state index contributed by atoms with van der Waals surface area (Å²) in [7, 11) is 0. The van der Waals surface area contributed by atoms with Crippen LogP contribution in [0.25, 0.3) is 0 Å². The van der Waals surface area contributed by atoms with E-state index < -0.39 is 139 Å². The highest BCUT2D eigenvalue weighted by Crippen LogP contribution is 2.43. The number of esters is 5. The quantitative estimate of drug-likeness (QED) is 0.0756. The second-order valence-corrected chi connectivity index (χ2v) is 13.1. The van der Waals surface area contributed by atoms with Gasteiger partial charge in [0.2, 0.25) is 18.9 Å². The predicted molar refractivity (Wildman–Crippen MR) is 176 cm³/mol. The van der Waals surface area contributed by atoms with E-state index in [4.69, 9.17) is 47.4 Å². The fraction of sp³-hybridized carbons (Fsp3) is 0.571. The second-order valence-electron chi connectivity index (χ2n) is 13.1. The summed E-state index contributed by atoms with van der Waals surface area (Å²) in [6.07, 6.45) is -16.6. The molecule has 3 fully saturated rings. The van der Waals surface area contributed by atoms with E-state index in [0.717, 1.165) is 39.2 Å². The van der Waals surface area contributed by atoms with E-state index in [0.29, 0.717) is 0 Å². The maximum atomic E-state index is 13.8. The average Bonchev–Trinajstić information content (AvgIpc) is 3.13. The van der Waals surface area contributed by atoms with Gasteiger partial charge in [-0.25, -0.2) is 9.59 Å². The Labute approximate surface area is 317 Å². The first-order valence-corrected chi connectivity index (χ1v) is 17.2. The van der Waals surface area contributed by atoms with Gasteiger partial charge in [0.15, 0.2) is 29.8 Å². The summed E-state index contributed by atoms with van der Waals surface area (Å²) in [5.41, 5.74) is -2.68. The maximum absolute atomic E-state index is 13.8. The summed E-state index contributed by atoms with van der Waals surface area (Å²) in [5, 5.41) is 62.8. The molecule has 6 N–H and O–H groups in total. The first-order valence-electron chi connectivity index (χ1n) is 17.2. The fourth-order valence-electron chi connectivity index (χ4n) is 6.55. The number of carbonyl (C=O) groups excluding carboxylic acids is 5. The molecule has 0 spiro atoms. The molecule has 0 aliphatic carbocycles. The molecule has 3 saturated heterocycles. The molecule has 21 nitrogen and oxygen atoms in total. The van der Waals surface area contributed by atoms with Crippen molar-refractivity contribution in [3.63, 3.8) is 0 Å². The van der Waals surface area contributed by atoms with E-state index in [1.54, 1.807) is 0 Å². The van der Waals surface area contributed by atoms with Crippen LogP contribution < -0.4 is 4.74 Å². The predicted octanol–water partition coefficient (Wildman–Crippen LogP) is -2.02. The van der Waals surface area contributed by atoms with Crippen molar-refractivity contribution >= 4 is 29.8 Å². The minimum absolute atomic E-state index is 0.0752. The molecule has 0 unspecified atom stereocenters. The molecule has 4 aliphatic rings. The fourth-order valence-corrected chi connectivity index (χ4v) is 6.55. The number of aliphatic hydroxyl groups is 5. The molecule has 0 amide bonds. The number of aliphatic hydroxyl groups excluding tert-OH is 4. The summed E-state index contributed by atoms with van der Waals surface area (Å²) in [5.74, 6) is -7.44. The molecule has 56 heavy (non-hydrogen) atoms. The van der Waals surface area contributed by atoms with Gasteiger partial charge in [0.25, 0.3) is 0 Å². The van der Waals surface area contributed by atoms with Gasteiger partial charge >= 0.3 is 29.8 Å². The van der Waals surface area contributed by atoms with E-state index >= 15 is 0 Å². The number of aromatic hydroxyl groups is 1. The van der Waals surface area contributed by atoms with Crippen molar-refractivity contribution in [3.05, 3.63) is 48.3 Å². The highest BCUT2D eigenvalue weighted by Gasteiger charge is 2.57. The number of hydrogen-bond donors (Lipinski definition) is 6. The molecule has 4 heterocycles. The zero-order valence-electron chi connectivity index (χ0n) is 30.2. The van der Waals surface area contributed by atoms with Crippen LogP contribution in [-0.4, -0.2) is 154 Å². The van der Waals surface area contributed by atoms with Crippen molar-refractivity contribution in [1.29, 1.82) is 0 Å². The third kappa shape index (κ3) is 8.74. The average molecular weight is 799 g/mol. The lowest BCUT2D eigenvalue weighted by Crippen LogP contribution is -2.64. The van der Waals surface area contributed by atoms with Crippen LogP contribution in [0.3, 0.4) is 0 Å². The van der Waals surface area contributed by atoms with Crippen molar-refractivity contribution in [3.8, 4) is 11.5 Å². The Bertz CT molecular complexity index is 1690. The van der Waals surface area contributed by atoms with Crippen molar-refractivity contribution in [2.24, 2.45) is 5.92 Å². The van der Waals surface area contributed by atoms with Crippen LogP contribution >= 0.6 is 0 Å². The largest absolute Gasteiger partial charge is 0.504 e. The normalized spacial score (nSPS) is 35.3. The van der Waals surface area contributed by atoms with Gasteiger partial charge in [0.1, 0.15) is 53.9 Å². The highest BCUT2D eigenvalue weighted by molar-refractivity contribution is 5.93. The minimum atomic E-state index is -1.88. The monoisotopic (exact) mass is 798 g/mol. The van der Waals surface area contributed by atoms with Crippen molar-refractivity contribution in [2.75, 3.05) is 19.8 Å². The van der Waals surface area contributed by atoms with Gasteiger partial charge in [-0.1, -0.05) is 12.1 Å². The molecule has 13 atom stereocenters. The lowest BCUT2D eigenvalue weighted by Gasteiger charge is -2.47. The Morgan fingerprint density at radius 3 is 2.21 bits per heavy atom. The Morgan fingerprint density at radius 2 is 1.57 bits per heavy atom. The molecular formula is C35H42O21. The van der Waals surface area contributed by atoms with Crippen molar-refractivity contribution in [1.82, 2.24) is 0 Å². The molecule has 308 valence electrons. The lowest BCUT2D eigenvalue weighted by atomic mass is 9.76. The number of para-hydroxylation sites is 1. The number of rotatable bonds is 12. The van der Waals surface area contributed by atoms with Crippen LogP contribution in [0.2, 0.25) is 0 Å². The van der Waals surface area contributed by atoms with E-state index in [-0.39, 0.29) is 18.6 Å². The third-order valence-corrected chi connectivity index (χ3v) is 9.29. The number of phenols is 1. The van der Waals surface area contributed by atoms with Gasteiger partial charge < -0.3 is 78.0 Å². The Balaban J connectivity index is 1.46. The molecule has 0 bridgehead atoms. The van der Waals surface area contributed by atoms with Crippen LogP contribution in [0.5, 0.6) is 11.5 Å². The summed E-state index contributed by atoms with van der Waals surface area (Å²) in [6, 6.07) is 3.45. The van der Waals surface area contributed by atoms with E-state index in [9.17, 15) is 54.6 Å². The number of benzene rings is 1. The van der Waals surface area contributed by atoms with Crippen LogP contribution in [0.15, 0.2) is 42.7 Å². The number of hydrogen-bond acceptors (Lipinski definition) is 21. The Morgan fingerprint density at radius 1 is 0.893 bits per heavy atom. The molecule has 1 aromatic rings. The van der Waals surface area contributed by atoms with Crippen LogP contribution in [0.1, 0.15) is 37.6 Å². The number of fused-ring (bicyclic) bond motifs is 1. The summed E-state index contributed by atoms with van der Waals surface area (Å²) < 4.78 is 55.4. The third-order valence-electron chi connectivity index (χ3n) is 9.29. The zero-order valence-corrected chi connectivity index (χ0v) is 30.2. The van der Waals surface area contributed by atoms with E-state index in [2.05, 4.69) is 6.58 Å². The Kier molecular flexibility index (Phi) is 13.2. The minimum Gasteiger partial charge on any atom is -0.504 e. The van der Waals surface area contributed by atoms with Gasteiger partial charge in [0.05, 0.1) is 25.4 Å². The summed E-state index contributed by atoms with van der Waals surface area (Å²) in [6.45, 7) is 5.17. The van der Waals surface area contributed by atoms with E-state index in [1.165, 1.54) is 12.1 Å². The topological polar surface area (TPSA) is 299 Å². The maximum Gasteiger partial charge on any atom is 0.342 e. The summed E-state index contributed by atoms with van der Waals surface area (Å²) >= 11 is 0. The van der Waals surface area contributed by atoms with Gasteiger partial charge in [-0.05, 0) is 12.1 Å². The number of phenolic OH excluding ortho intramolecular Hbond substituents is 1. The van der Waals surface area contributed by atoms with Crippen LogP contribution in [-0.2, 0) is 61.8 Å². The first kappa shape index (κ1) is 42.3. The number of ether oxygens (including phenoxy) is 10. The van der Waals surface area contributed by atoms with Crippen LogP contribution in [0.4, 0.5) is 0 Å². The second kappa shape index (κ2) is 17.5. The number of carbonyl (C=O) groups is 5. The van der Waals surface area contributed by atoms with Gasteiger partial charge in [-0.15, -0.1) is 6.58 Å². The molecule has 0 saturated carbocycles. The molecule has 4 aliphatic heterocycles. The molecule has 21 heteroatoms. The first-order chi connectivity index (χ1) is 26.5. The van der Waals surface area contributed by atoms with Crippen molar-refractivity contribution < 1.29 is 102 Å². The number of cyclic esters (lactones) is 1. The molecule has 0 radical (unpaired) electrons. The van der Waals surface area contributed by atoms with E-state index in [1.807, 2.05) is 0 Å². The SMILES string of the molecule is C=C[C@@H]1[C@@H](O[C@H]2O[C@@H](COC(C)=O)[C@H](OC(=O)c3cccc(O[C@H]4O[C@@H](CO)[C@H](O)[C@@H](O)[C@@H]4O)c3O)[C@@H](OC(C)=O)[C@@H]2OC(C)=O)OC=C2C(=O)OCC[C@@]21O. The standard InChI is InChI=1S/C35H42O21/c1-5-18-32(49-12-19-31(45)47-10-9-35(18,19)46)56-34-29(51-16(4)39)28(50-15(3)38)27(22(54-34)13-48-14(2)37)55-30(44)17-7-6-8-20(23(17)40)52-33-26(43)25(42)24(41)21(11-36)53-33/h5-8,12,18,21-22,24-29,32-34,36,40-43,46H,1,9-11,13H2,2-4H3/t18-,21+,22+,24+,25-,26+,27+,28-,29+,32-,33+,34-,35+/m1/s1. The van der Waals surface area contributed by atoms with Gasteiger partial charge in [-0.2, -0.15) is 0 Å². The highest BCUT2D eigenvalue weighted by atomic mass is 16.8. The zero-order chi connectivity index (χ0) is 41.1. The Hall–Kier alpha value is -4.87. The molecule has 0 aromatic heterocycles.